The summed E-state index contributed by atoms with van der Waals surface area (Å²) in [5, 5.41) is 9.57. The van der Waals surface area contributed by atoms with Crippen molar-refractivity contribution in [3.8, 4) is 0 Å². The molecule has 1 aliphatic heterocycles. The third-order valence-electron chi connectivity index (χ3n) is 2.39. The summed E-state index contributed by atoms with van der Waals surface area (Å²) < 4.78 is 10.7. The number of rotatable bonds is 0. The Morgan fingerprint density at radius 2 is 2.31 bits per heavy atom. The number of carbonyl (C=O) groups is 1. The van der Waals surface area contributed by atoms with E-state index in [9.17, 15) is 9.90 Å². The summed E-state index contributed by atoms with van der Waals surface area (Å²) in [6.45, 7) is 3.56. The van der Waals surface area contributed by atoms with Gasteiger partial charge < -0.3 is 14.6 Å². The summed E-state index contributed by atoms with van der Waals surface area (Å²) in [5.41, 5.74) is -1.18. The number of carbonyl (C=O) groups excluding carboxylic acids is 1. The molecule has 0 saturated carbocycles. The Balaban J connectivity index is 2.29. The summed E-state index contributed by atoms with van der Waals surface area (Å²) in [5.74, 6) is -1.01. The van der Waals surface area contributed by atoms with E-state index >= 15 is 0 Å². The monoisotopic (exact) mass is 184 g/mol. The second-order valence-corrected chi connectivity index (χ2v) is 3.85. The number of ketones is 1. The Hall–Kier alpha value is -0.710. The molecule has 2 aliphatic rings. The molecule has 1 saturated heterocycles. The van der Waals surface area contributed by atoms with E-state index in [0.29, 0.717) is 0 Å². The molecule has 0 amide bonds. The van der Waals surface area contributed by atoms with Crippen LogP contribution in [0.4, 0.5) is 0 Å². The molecule has 4 heteroatoms. The predicted molar refractivity (Wildman–Crippen MR) is 44.0 cm³/mol. The number of aliphatic hydroxyl groups is 1. The van der Waals surface area contributed by atoms with Gasteiger partial charge >= 0.3 is 0 Å². The van der Waals surface area contributed by atoms with E-state index in [0.717, 1.165) is 0 Å². The molecule has 1 spiro atoms. The van der Waals surface area contributed by atoms with Crippen molar-refractivity contribution in [1.82, 2.24) is 0 Å². The van der Waals surface area contributed by atoms with E-state index in [-0.39, 0.29) is 12.4 Å². The Morgan fingerprint density at radius 3 is 2.69 bits per heavy atom. The van der Waals surface area contributed by atoms with Crippen molar-refractivity contribution in [2.45, 2.75) is 31.3 Å². The summed E-state index contributed by atoms with van der Waals surface area (Å²) in [6, 6.07) is 0. The van der Waals surface area contributed by atoms with Gasteiger partial charge in [-0.3, -0.25) is 4.79 Å². The van der Waals surface area contributed by atoms with Gasteiger partial charge in [0.15, 0.2) is 17.2 Å². The fraction of sp³-hybridized carbons (Fsp3) is 0.667. The Labute approximate surface area is 76.1 Å². The Bertz CT molecular complexity index is 281. The lowest BCUT2D eigenvalue weighted by Crippen LogP contribution is -2.48. The van der Waals surface area contributed by atoms with E-state index in [1.165, 1.54) is 12.2 Å². The maximum atomic E-state index is 11.4. The molecule has 2 atom stereocenters. The molecular weight excluding hydrogens is 172 g/mol. The Kier molecular flexibility index (Phi) is 1.64. The van der Waals surface area contributed by atoms with Gasteiger partial charge in [0.05, 0.1) is 6.61 Å². The first kappa shape index (κ1) is 8.87. The zero-order valence-electron chi connectivity index (χ0n) is 7.61. The summed E-state index contributed by atoms with van der Waals surface area (Å²) in [4.78, 5) is 11.4. The first-order chi connectivity index (χ1) is 5.96. The van der Waals surface area contributed by atoms with Crippen LogP contribution in [0.15, 0.2) is 12.2 Å². The minimum atomic E-state index is -1.18. The van der Waals surface area contributed by atoms with Crippen LogP contribution in [0, 0.1) is 0 Å². The minimum absolute atomic E-state index is 0.118. The van der Waals surface area contributed by atoms with Gasteiger partial charge in [0.1, 0.15) is 6.10 Å². The summed E-state index contributed by atoms with van der Waals surface area (Å²) in [6.07, 6.45) is 1.89. The second-order valence-electron chi connectivity index (χ2n) is 3.85. The summed E-state index contributed by atoms with van der Waals surface area (Å²) >= 11 is 0. The van der Waals surface area contributed by atoms with Crippen LogP contribution in [0.3, 0.4) is 0 Å². The molecule has 2 unspecified atom stereocenters. The molecule has 2 rings (SSSR count). The average Bonchev–Trinajstić information content (AvgIpc) is 2.49. The zero-order valence-corrected chi connectivity index (χ0v) is 7.61. The third-order valence-corrected chi connectivity index (χ3v) is 2.39. The topological polar surface area (TPSA) is 55.8 Å². The van der Waals surface area contributed by atoms with Crippen LogP contribution in [0.1, 0.15) is 13.8 Å². The molecule has 1 heterocycles. The first-order valence-corrected chi connectivity index (χ1v) is 4.21. The van der Waals surface area contributed by atoms with Crippen molar-refractivity contribution in [1.29, 1.82) is 0 Å². The quantitative estimate of drug-likeness (QED) is 0.576. The van der Waals surface area contributed by atoms with E-state index in [1.807, 2.05) is 0 Å². The van der Waals surface area contributed by atoms with Crippen molar-refractivity contribution in [3.05, 3.63) is 12.2 Å². The van der Waals surface area contributed by atoms with Crippen molar-refractivity contribution in [3.63, 3.8) is 0 Å². The van der Waals surface area contributed by atoms with Crippen LogP contribution in [0.25, 0.3) is 0 Å². The normalized spacial score (nSPS) is 42.1. The lowest BCUT2D eigenvalue weighted by molar-refractivity contribution is -0.180. The molecular formula is C9H12O4. The molecule has 0 radical (unpaired) electrons. The molecule has 1 aliphatic carbocycles. The van der Waals surface area contributed by atoms with Gasteiger partial charge in [0, 0.05) is 0 Å². The van der Waals surface area contributed by atoms with Crippen molar-refractivity contribution < 1.29 is 19.4 Å². The van der Waals surface area contributed by atoms with Crippen molar-refractivity contribution >= 4 is 5.78 Å². The van der Waals surface area contributed by atoms with E-state index in [1.54, 1.807) is 13.8 Å². The molecule has 1 fully saturated rings. The summed E-state index contributed by atoms with van der Waals surface area (Å²) in [7, 11) is 0. The van der Waals surface area contributed by atoms with E-state index in [4.69, 9.17) is 9.47 Å². The maximum Gasteiger partial charge on any atom is 0.192 e. The number of aliphatic hydroxyl groups excluding tert-OH is 1. The largest absolute Gasteiger partial charge is 0.385 e. The van der Waals surface area contributed by atoms with Crippen LogP contribution in [0.5, 0.6) is 0 Å². The highest BCUT2D eigenvalue weighted by Gasteiger charge is 2.56. The predicted octanol–water partition coefficient (Wildman–Crippen LogP) is 0.00790. The fourth-order valence-electron chi connectivity index (χ4n) is 1.67. The molecule has 72 valence electrons. The fourth-order valence-corrected chi connectivity index (χ4v) is 1.67. The van der Waals surface area contributed by atoms with Gasteiger partial charge in [0.25, 0.3) is 0 Å². The molecule has 4 nitrogen and oxygen atoms in total. The second kappa shape index (κ2) is 2.41. The van der Waals surface area contributed by atoms with E-state index in [2.05, 4.69) is 0 Å². The average molecular weight is 184 g/mol. The number of ether oxygens (including phenoxy) is 2. The van der Waals surface area contributed by atoms with Gasteiger partial charge in [-0.25, -0.2) is 0 Å². The minimum Gasteiger partial charge on any atom is -0.385 e. The highest BCUT2D eigenvalue weighted by molar-refractivity contribution is 6.01. The lowest BCUT2D eigenvalue weighted by Gasteiger charge is -2.25. The van der Waals surface area contributed by atoms with Crippen LogP contribution >= 0.6 is 0 Å². The first-order valence-electron chi connectivity index (χ1n) is 4.21. The highest BCUT2D eigenvalue weighted by atomic mass is 16.8. The zero-order chi connectivity index (χ0) is 9.69. The molecule has 0 aromatic carbocycles. The molecule has 13 heavy (non-hydrogen) atoms. The Morgan fingerprint density at radius 1 is 1.62 bits per heavy atom. The van der Waals surface area contributed by atoms with Crippen LogP contribution in [0.2, 0.25) is 0 Å². The highest BCUT2D eigenvalue weighted by Crippen LogP contribution is 2.37. The number of hydrogen-bond acceptors (Lipinski definition) is 4. The molecule has 0 bridgehead atoms. The van der Waals surface area contributed by atoms with Crippen molar-refractivity contribution in [2.75, 3.05) is 6.61 Å². The van der Waals surface area contributed by atoms with Gasteiger partial charge in [-0.15, -0.1) is 0 Å². The van der Waals surface area contributed by atoms with E-state index < -0.39 is 17.5 Å². The van der Waals surface area contributed by atoms with Crippen LogP contribution < -0.4 is 0 Å². The SMILES string of the molecule is CC1(C)OCC2(O1)C(=O)C=CC2O. The molecule has 0 aromatic rings. The maximum absolute atomic E-state index is 11.4. The lowest BCUT2D eigenvalue weighted by atomic mass is 9.99. The van der Waals surface area contributed by atoms with Gasteiger partial charge in [-0.1, -0.05) is 0 Å². The van der Waals surface area contributed by atoms with Crippen LogP contribution in [-0.2, 0) is 14.3 Å². The third kappa shape index (κ3) is 1.14. The molecule has 1 N–H and O–H groups in total. The number of hydrogen-bond donors (Lipinski definition) is 1. The van der Waals surface area contributed by atoms with Crippen LogP contribution in [-0.4, -0.2) is 35.0 Å². The standard InChI is InChI=1S/C9H12O4/c1-8(2)12-5-9(13-8)6(10)3-4-7(9)11/h3-4,6,10H,5H2,1-2H3. The van der Waals surface area contributed by atoms with Gasteiger partial charge in [-0.2, -0.15) is 0 Å². The van der Waals surface area contributed by atoms with Gasteiger partial charge in [0.2, 0.25) is 0 Å². The smallest absolute Gasteiger partial charge is 0.192 e. The van der Waals surface area contributed by atoms with Crippen molar-refractivity contribution in [2.24, 2.45) is 0 Å². The molecule has 0 aromatic heterocycles. The van der Waals surface area contributed by atoms with Gasteiger partial charge in [-0.05, 0) is 26.0 Å².